The Morgan fingerprint density at radius 2 is 1.95 bits per heavy atom. The molecule has 2 rings (SSSR count). The maximum absolute atomic E-state index is 12.4. The predicted octanol–water partition coefficient (Wildman–Crippen LogP) is 2.63. The second-order valence-electron chi connectivity index (χ2n) is 5.15. The van der Waals surface area contributed by atoms with Gasteiger partial charge in [-0.2, -0.15) is 4.31 Å². The molecule has 0 atom stereocenters. The first kappa shape index (κ1) is 15.0. The molecule has 0 aliphatic carbocycles. The van der Waals surface area contributed by atoms with Crippen molar-refractivity contribution in [2.45, 2.75) is 50.0 Å². The van der Waals surface area contributed by atoms with Crippen LogP contribution in [0.4, 0.5) is 0 Å². The zero-order valence-electron chi connectivity index (χ0n) is 11.6. The van der Waals surface area contributed by atoms with Gasteiger partial charge in [0, 0.05) is 18.0 Å². The van der Waals surface area contributed by atoms with Gasteiger partial charge in [0.1, 0.15) is 4.21 Å². The Kier molecular flexibility index (Phi) is 4.66. The number of aryl methyl sites for hydroxylation is 1. The third kappa shape index (κ3) is 3.56. The molecule has 1 saturated heterocycles. The summed E-state index contributed by atoms with van der Waals surface area (Å²) in [5.41, 5.74) is 0. The molecule has 1 aliphatic rings. The summed E-state index contributed by atoms with van der Waals surface area (Å²) < 4.78 is 32.6. The van der Waals surface area contributed by atoms with Crippen LogP contribution in [-0.2, 0) is 14.8 Å². The highest BCUT2D eigenvalue weighted by Gasteiger charge is 2.30. The van der Waals surface area contributed by atoms with Crippen LogP contribution in [0.1, 0.15) is 31.6 Å². The quantitative estimate of drug-likeness (QED) is 0.859. The molecule has 1 aromatic rings. The first-order chi connectivity index (χ1) is 8.89. The minimum absolute atomic E-state index is 0.191. The van der Waals surface area contributed by atoms with Gasteiger partial charge in [0.25, 0.3) is 10.0 Å². The highest BCUT2D eigenvalue weighted by atomic mass is 32.2. The van der Waals surface area contributed by atoms with E-state index in [0.29, 0.717) is 17.3 Å². The predicted molar refractivity (Wildman–Crippen MR) is 77.1 cm³/mol. The number of piperidine rings is 1. The fourth-order valence-electron chi connectivity index (χ4n) is 2.27. The standard InChI is InChI=1S/C13H21NO3S2/c1-10(2)17-12-6-8-14(9-7-12)19(15,16)13-5-4-11(3)18-13/h4-5,10,12H,6-9H2,1-3H3. The second kappa shape index (κ2) is 5.91. The molecule has 0 saturated carbocycles. The Morgan fingerprint density at radius 1 is 1.32 bits per heavy atom. The molecule has 0 N–H and O–H groups in total. The summed E-state index contributed by atoms with van der Waals surface area (Å²) in [6.45, 7) is 7.05. The summed E-state index contributed by atoms with van der Waals surface area (Å²) in [6, 6.07) is 3.55. The third-order valence-corrected chi connectivity index (χ3v) is 6.54. The van der Waals surface area contributed by atoms with Crippen LogP contribution >= 0.6 is 11.3 Å². The van der Waals surface area contributed by atoms with Gasteiger partial charge in [-0.15, -0.1) is 11.3 Å². The highest BCUT2D eigenvalue weighted by molar-refractivity contribution is 7.91. The van der Waals surface area contributed by atoms with Crippen molar-refractivity contribution in [2.75, 3.05) is 13.1 Å². The van der Waals surface area contributed by atoms with Gasteiger partial charge in [-0.25, -0.2) is 8.42 Å². The van der Waals surface area contributed by atoms with Gasteiger partial charge in [0.05, 0.1) is 12.2 Å². The van der Waals surface area contributed by atoms with Crippen LogP contribution in [0.3, 0.4) is 0 Å². The maximum atomic E-state index is 12.4. The number of hydrogen-bond donors (Lipinski definition) is 0. The molecule has 19 heavy (non-hydrogen) atoms. The van der Waals surface area contributed by atoms with Gasteiger partial charge in [-0.05, 0) is 45.7 Å². The monoisotopic (exact) mass is 303 g/mol. The summed E-state index contributed by atoms with van der Waals surface area (Å²) >= 11 is 1.34. The first-order valence-corrected chi connectivity index (χ1v) is 8.87. The molecule has 6 heteroatoms. The number of thiophene rings is 1. The van der Waals surface area contributed by atoms with E-state index in [1.165, 1.54) is 11.3 Å². The van der Waals surface area contributed by atoms with Crippen LogP contribution in [-0.4, -0.2) is 38.0 Å². The van der Waals surface area contributed by atoms with E-state index in [1.807, 2.05) is 26.8 Å². The molecular formula is C13H21NO3S2. The molecule has 1 aliphatic heterocycles. The molecule has 0 amide bonds. The number of sulfonamides is 1. The highest BCUT2D eigenvalue weighted by Crippen LogP contribution is 2.27. The number of rotatable bonds is 4. The van der Waals surface area contributed by atoms with E-state index < -0.39 is 10.0 Å². The Balaban J connectivity index is 2.01. The molecule has 0 spiro atoms. The fraction of sp³-hybridized carbons (Fsp3) is 0.692. The van der Waals surface area contributed by atoms with Gasteiger partial charge in [0.2, 0.25) is 0 Å². The van der Waals surface area contributed by atoms with E-state index in [2.05, 4.69) is 0 Å². The van der Waals surface area contributed by atoms with Gasteiger partial charge in [0.15, 0.2) is 0 Å². The normalized spacial score (nSPS) is 19.2. The third-order valence-electron chi connectivity index (χ3n) is 3.18. The average Bonchev–Trinajstić information content (AvgIpc) is 2.76. The SMILES string of the molecule is Cc1ccc(S(=O)(=O)N2CCC(OC(C)C)CC2)s1. The average molecular weight is 303 g/mol. The lowest BCUT2D eigenvalue weighted by Gasteiger charge is -2.31. The van der Waals surface area contributed by atoms with E-state index in [0.717, 1.165) is 17.7 Å². The lowest BCUT2D eigenvalue weighted by molar-refractivity contribution is -0.0168. The van der Waals surface area contributed by atoms with E-state index in [9.17, 15) is 8.42 Å². The van der Waals surface area contributed by atoms with Crippen LogP contribution < -0.4 is 0 Å². The van der Waals surface area contributed by atoms with Crippen LogP contribution in [0.5, 0.6) is 0 Å². The molecule has 0 bridgehead atoms. The van der Waals surface area contributed by atoms with Gasteiger partial charge in [-0.1, -0.05) is 0 Å². The van der Waals surface area contributed by atoms with Gasteiger partial charge < -0.3 is 4.74 Å². The number of ether oxygens (including phenoxy) is 1. The minimum Gasteiger partial charge on any atom is -0.375 e. The number of nitrogens with zero attached hydrogens (tertiary/aromatic N) is 1. The first-order valence-electron chi connectivity index (χ1n) is 6.61. The molecule has 1 fully saturated rings. The maximum Gasteiger partial charge on any atom is 0.252 e. The van der Waals surface area contributed by atoms with Crippen LogP contribution in [0.2, 0.25) is 0 Å². The summed E-state index contributed by atoms with van der Waals surface area (Å²) in [6.07, 6.45) is 1.95. The summed E-state index contributed by atoms with van der Waals surface area (Å²) in [5, 5.41) is 0. The molecule has 0 aromatic carbocycles. The Morgan fingerprint density at radius 3 is 2.42 bits per heavy atom. The lowest BCUT2D eigenvalue weighted by Crippen LogP contribution is -2.41. The van der Waals surface area contributed by atoms with E-state index in [1.54, 1.807) is 10.4 Å². The molecule has 0 radical (unpaired) electrons. The Labute approximate surface area is 119 Å². The fourth-order valence-corrected chi connectivity index (χ4v) is 5.18. The van der Waals surface area contributed by atoms with Crippen LogP contribution in [0.15, 0.2) is 16.3 Å². The van der Waals surface area contributed by atoms with E-state index in [-0.39, 0.29) is 12.2 Å². The van der Waals surface area contributed by atoms with Crippen molar-refractivity contribution < 1.29 is 13.2 Å². The number of hydrogen-bond acceptors (Lipinski definition) is 4. The Hall–Kier alpha value is -0.430. The van der Waals surface area contributed by atoms with Gasteiger partial charge in [-0.3, -0.25) is 0 Å². The summed E-state index contributed by atoms with van der Waals surface area (Å²) in [5.74, 6) is 0. The lowest BCUT2D eigenvalue weighted by atomic mass is 10.1. The van der Waals surface area contributed by atoms with E-state index in [4.69, 9.17) is 4.74 Å². The van der Waals surface area contributed by atoms with Crippen molar-refractivity contribution in [3.05, 3.63) is 17.0 Å². The largest absolute Gasteiger partial charge is 0.375 e. The molecule has 0 unspecified atom stereocenters. The smallest absolute Gasteiger partial charge is 0.252 e. The zero-order valence-corrected chi connectivity index (χ0v) is 13.3. The summed E-state index contributed by atoms with van der Waals surface area (Å²) in [4.78, 5) is 1.02. The van der Waals surface area contributed by atoms with Crippen molar-refractivity contribution in [3.8, 4) is 0 Å². The van der Waals surface area contributed by atoms with Crippen molar-refractivity contribution in [2.24, 2.45) is 0 Å². The molecule has 108 valence electrons. The molecular weight excluding hydrogens is 282 g/mol. The summed E-state index contributed by atoms with van der Waals surface area (Å²) in [7, 11) is -3.30. The van der Waals surface area contributed by atoms with Crippen molar-refractivity contribution >= 4 is 21.4 Å². The topological polar surface area (TPSA) is 46.6 Å². The molecule has 4 nitrogen and oxygen atoms in total. The molecule has 1 aromatic heterocycles. The zero-order chi connectivity index (χ0) is 14.0. The molecule has 2 heterocycles. The van der Waals surface area contributed by atoms with Crippen molar-refractivity contribution in [1.29, 1.82) is 0 Å². The Bertz CT molecular complexity index is 514. The van der Waals surface area contributed by atoms with Crippen molar-refractivity contribution in [3.63, 3.8) is 0 Å². The van der Waals surface area contributed by atoms with Crippen LogP contribution in [0.25, 0.3) is 0 Å². The second-order valence-corrected chi connectivity index (χ2v) is 8.61. The minimum atomic E-state index is -3.30. The van der Waals surface area contributed by atoms with Crippen LogP contribution in [0, 0.1) is 6.92 Å². The van der Waals surface area contributed by atoms with Crippen molar-refractivity contribution in [1.82, 2.24) is 4.31 Å². The van der Waals surface area contributed by atoms with Gasteiger partial charge >= 0.3 is 0 Å². The van der Waals surface area contributed by atoms with E-state index >= 15 is 0 Å².